The fourth-order valence-electron chi connectivity index (χ4n) is 3.09. The monoisotopic (exact) mass is 398 g/mol. The van der Waals surface area contributed by atoms with Gasteiger partial charge in [0.25, 0.3) is 0 Å². The van der Waals surface area contributed by atoms with Gasteiger partial charge in [-0.1, -0.05) is 42.5 Å². The number of carbonyl (C=O) groups is 1. The van der Waals surface area contributed by atoms with Crippen molar-refractivity contribution in [1.29, 1.82) is 0 Å². The van der Waals surface area contributed by atoms with Gasteiger partial charge in [-0.25, -0.2) is 13.2 Å². The topological polar surface area (TPSA) is 26.3 Å². The van der Waals surface area contributed by atoms with Gasteiger partial charge in [-0.05, 0) is 54.2 Å². The highest BCUT2D eigenvalue weighted by Gasteiger charge is 2.13. The molecule has 0 radical (unpaired) electrons. The minimum atomic E-state index is -1.11. The molecule has 0 aliphatic heterocycles. The standard InChI is InChI=1S/C24H21F3O2/c1-2-29-15-21-12-10-19(13-22(21)25)17-6-3-16(4-7-17)5-8-18-9-11-20(14-28)24(27)23(18)26/h3-4,6-7,9-14H,2,5,8,15H2,1H3. The van der Waals surface area contributed by atoms with E-state index in [-0.39, 0.29) is 23.6 Å². The molecule has 0 atom stereocenters. The van der Waals surface area contributed by atoms with Gasteiger partial charge < -0.3 is 4.74 Å². The summed E-state index contributed by atoms with van der Waals surface area (Å²) in [7, 11) is 0. The van der Waals surface area contributed by atoms with Crippen LogP contribution in [-0.2, 0) is 24.2 Å². The molecule has 0 amide bonds. The highest BCUT2D eigenvalue weighted by Crippen LogP contribution is 2.24. The third kappa shape index (κ3) is 4.93. The number of carbonyl (C=O) groups excluding carboxylic acids is 1. The fraction of sp³-hybridized carbons (Fsp3) is 0.208. The Morgan fingerprint density at radius 2 is 1.52 bits per heavy atom. The number of halogens is 3. The maximum atomic E-state index is 14.2. The van der Waals surface area contributed by atoms with E-state index in [0.29, 0.717) is 31.3 Å². The molecule has 0 N–H and O–H groups in total. The van der Waals surface area contributed by atoms with E-state index in [0.717, 1.165) is 16.7 Å². The van der Waals surface area contributed by atoms with Crippen LogP contribution in [0.1, 0.15) is 34.0 Å². The predicted molar refractivity (Wildman–Crippen MR) is 106 cm³/mol. The van der Waals surface area contributed by atoms with Crippen LogP contribution in [-0.4, -0.2) is 12.9 Å². The van der Waals surface area contributed by atoms with Crippen LogP contribution in [0.3, 0.4) is 0 Å². The summed E-state index contributed by atoms with van der Waals surface area (Å²) in [5, 5.41) is 0. The fourth-order valence-corrected chi connectivity index (χ4v) is 3.09. The van der Waals surface area contributed by atoms with Crippen molar-refractivity contribution in [3.8, 4) is 11.1 Å². The molecule has 0 fully saturated rings. The minimum absolute atomic E-state index is 0.226. The molecule has 5 heteroatoms. The molecule has 0 heterocycles. The number of benzene rings is 3. The van der Waals surface area contributed by atoms with Crippen LogP contribution >= 0.6 is 0 Å². The van der Waals surface area contributed by atoms with Crippen LogP contribution in [0.25, 0.3) is 11.1 Å². The summed E-state index contributed by atoms with van der Waals surface area (Å²) < 4.78 is 47.2. The first-order valence-electron chi connectivity index (χ1n) is 9.41. The lowest BCUT2D eigenvalue weighted by molar-refractivity contribution is 0.111. The maximum Gasteiger partial charge on any atom is 0.169 e. The van der Waals surface area contributed by atoms with Gasteiger partial charge in [-0.15, -0.1) is 0 Å². The largest absolute Gasteiger partial charge is 0.377 e. The minimum Gasteiger partial charge on any atom is -0.377 e. The van der Waals surface area contributed by atoms with Crippen LogP contribution in [0, 0.1) is 17.5 Å². The van der Waals surface area contributed by atoms with Gasteiger partial charge in [0, 0.05) is 12.2 Å². The van der Waals surface area contributed by atoms with Gasteiger partial charge in [0.15, 0.2) is 17.9 Å². The summed E-state index contributed by atoms with van der Waals surface area (Å²) >= 11 is 0. The quantitative estimate of drug-likeness (QED) is 0.441. The van der Waals surface area contributed by atoms with Crippen molar-refractivity contribution < 1.29 is 22.7 Å². The van der Waals surface area contributed by atoms with Crippen molar-refractivity contribution in [1.82, 2.24) is 0 Å². The SMILES string of the molecule is CCOCc1ccc(-c2ccc(CCc3ccc(C=O)c(F)c3F)cc2)cc1F. The first-order valence-corrected chi connectivity index (χ1v) is 9.41. The highest BCUT2D eigenvalue weighted by atomic mass is 19.2. The van der Waals surface area contributed by atoms with E-state index in [9.17, 15) is 18.0 Å². The van der Waals surface area contributed by atoms with E-state index in [1.807, 2.05) is 37.3 Å². The Balaban J connectivity index is 1.69. The Kier molecular flexibility index (Phi) is 6.83. The summed E-state index contributed by atoms with van der Waals surface area (Å²) in [6, 6.07) is 15.3. The van der Waals surface area contributed by atoms with Crippen LogP contribution < -0.4 is 0 Å². The molecular weight excluding hydrogens is 377 g/mol. The normalized spacial score (nSPS) is 10.9. The molecular formula is C24H21F3O2. The molecule has 0 unspecified atom stereocenters. The third-order valence-electron chi connectivity index (χ3n) is 4.80. The molecule has 150 valence electrons. The van der Waals surface area contributed by atoms with Crippen molar-refractivity contribution in [2.45, 2.75) is 26.4 Å². The van der Waals surface area contributed by atoms with Crippen molar-refractivity contribution in [2.75, 3.05) is 6.61 Å². The molecule has 3 rings (SSSR count). The molecule has 0 aliphatic rings. The number of ether oxygens (including phenoxy) is 1. The molecule has 3 aromatic rings. The van der Waals surface area contributed by atoms with Gasteiger partial charge in [-0.3, -0.25) is 4.79 Å². The molecule has 0 aliphatic carbocycles. The summed E-state index contributed by atoms with van der Waals surface area (Å²) in [5.74, 6) is -2.40. The number of aldehydes is 1. The number of aryl methyl sites for hydroxylation is 2. The molecule has 0 aromatic heterocycles. The molecule has 2 nitrogen and oxygen atoms in total. The number of hydrogen-bond donors (Lipinski definition) is 0. The van der Waals surface area contributed by atoms with E-state index < -0.39 is 11.6 Å². The van der Waals surface area contributed by atoms with E-state index >= 15 is 0 Å². The van der Waals surface area contributed by atoms with Gasteiger partial charge in [0.05, 0.1) is 12.2 Å². The maximum absolute atomic E-state index is 14.2. The van der Waals surface area contributed by atoms with E-state index in [4.69, 9.17) is 4.74 Å². The summed E-state index contributed by atoms with van der Waals surface area (Å²) in [6.07, 6.45) is 1.12. The first kappa shape index (κ1) is 20.8. The van der Waals surface area contributed by atoms with Gasteiger partial charge in [0.2, 0.25) is 0 Å². The van der Waals surface area contributed by atoms with Crippen LogP contribution in [0.2, 0.25) is 0 Å². The van der Waals surface area contributed by atoms with Crippen molar-refractivity contribution in [2.24, 2.45) is 0 Å². The third-order valence-corrected chi connectivity index (χ3v) is 4.80. The van der Waals surface area contributed by atoms with E-state index in [1.54, 1.807) is 6.07 Å². The first-order chi connectivity index (χ1) is 14.0. The Morgan fingerprint density at radius 1 is 0.828 bits per heavy atom. The molecule has 29 heavy (non-hydrogen) atoms. The number of rotatable bonds is 8. The summed E-state index contributed by atoms with van der Waals surface area (Å²) in [5.41, 5.74) is 3.03. The van der Waals surface area contributed by atoms with Crippen molar-refractivity contribution >= 4 is 6.29 Å². The molecule has 0 spiro atoms. The van der Waals surface area contributed by atoms with Crippen molar-refractivity contribution in [3.05, 3.63) is 94.3 Å². The van der Waals surface area contributed by atoms with Crippen LogP contribution in [0.15, 0.2) is 54.6 Å². The zero-order valence-corrected chi connectivity index (χ0v) is 16.1. The van der Waals surface area contributed by atoms with E-state index in [2.05, 4.69) is 0 Å². The van der Waals surface area contributed by atoms with Crippen LogP contribution in [0.5, 0.6) is 0 Å². The lowest BCUT2D eigenvalue weighted by Crippen LogP contribution is -2.01. The van der Waals surface area contributed by atoms with E-state index in [1.165, 1.54) is 18.2 Å². The number of hydrogen-bond acceptors (Lipinski definition) is 2. The van der Waals surface area contributed by atoms with Gasteiger partial charge >= 0.3 is 0 Å². The second-order valence-electron chi connectivity index (χ2n) is 6.70. The molecule has 0 saturated heterocycles. The van der Waals surface area contributed by atoms with Gasteiger partial charge in [-0.2, -0.15) is 0 Å². The van der Waals surface area contributed by atoms with Crippen molar-refractivity contribution in [3.63, 3.8) is 0 Å². The molecule has 3 aromatic carbocycles. The average Bonchev–Trinajstić information content (AvgIpc) is 2.74. The lowest BCUT2D eigenvalue weighted by Gasteiger charge is -2.09. The second-order valence-corrected chi connectivity index (χ2v) is 6.70. The zero-order valence-electron chi connectivity index (χ0n) is 16.1. The smallest absolute Gasteiger partial charge is 0.169 e. The Hall–Kier alpha value is -2.92. The Bertz CT molecular complexity index is 998. The van der Waals surface area contributed by atoms with Gasteiger partial charge in [0.1, 0.15) is 5.82 Å². The molecule has 0 bridgehead atoms. The lowest BCUT2D eigenvalue weighted by atomic mass is 9.99. The average molecular weight is 398 g/mol. The summed E-state index contributed by atoms with van der Waals surface area (Å²) in [4.78, 5) is 10.7. The molecule has 0 saturated carbocycles. The summed E-state index contributed by atoms with van der Waals surface area (Å²) in [6.45, 7) is 2.63. The highest BCUT2D eigenvalue weighted by molar-refractivity contribution is 5.75. The predicted octanol–water partition coefficient (Wildman–Crippen LogP) is 5.91. The Labute approximate surface area is 168 Å². The second kappa shape index (κ2) is 9.52. The Morgan fingerprint density at radius 3 is 2.17 bits per heavy atom. The van der Waals surface area contributed by atoms with Crippen LogP contribution in [0.4, 0.5) is 13.2 Å². The zero-order chi connectivity index (χ0) is 20.8.